The van der Waals surface area contributed by atoms with Crippen molar-refractivity contribution in [2.75, 3.05) is 0 Å². The van der Waals surface area contributed by atoms with Crippen molar-refractivity contribution in [2.45, 2.75) is 76.2 Å². The summed E-state index contributed by atoms with van der Waals surface area (Å²) in [6.45, 7) is 9.57. The third kappa shape index (κ3) is 5.83. The second-order valence-electron chi connectivity index (χ2n) is 8.84. The Hall–Kier alpha value is -2.23. The van der Waals surface area contributed by atoms with E-state index in [4.69, 9.17) is 5.14 Å². The predicted octanol–water partition coefficient (Wildman–Crippen LogP) is 3.59. The number of hydrogen-bond acceptors (Lipinski definition) is 7. The molecule has 0 spiro atoms. The lowest BCUT2D eigenvalue weighted by Gasteiger charge is -2.20. The highest BCUT2D eigenvalue weighted by molar-refractivity contribution is 7.93. The molecule has 0 saturated carbocycles. The van der Waals surface area contributed by atoms with Gasteiger partial charge in [0, 0.05) is 0 Å². The molecule has 0 bridgehead atoms. The number of nitrogens with zero attached hydrogens (tertiary/aromatic N) is 3. The largest absolute Gasteiger partial charge is 0.390 e. The third-order valence-corrected chi connectivity index (χ3v) is 8.35. The van der Waals surface area contributed by atoms with Gasteiger partial charge >= 0.3 is 0 Å². The van der Waals surface area contributed by atoms with E-state index in [2.05, 4.69) is 9.35 Å². The summed E-state index contributed by atoms with van der Waals surface area (Å²) in [5, 5.41) is 35.2. The van der Waals surface area contributed by atoms with Crippen molar-refractivity contribution in [3.05, 3.63) is 44.8 Å². The van der Waals surface area contributed by atoms with E-state index in [9.17, 15) is 28.9 Å². The Bertz CT molecular complexity index is 1230. The molecule has 0 aliphatic rings. The van der Waals surface area contributed by atoms with Crippen LogP contribution in [-0.2, 0) is 33.3 Å². The summed E-state index contributed by atoms with van der Waals surface area (Å²) in [6, 6.07) is 3.28. The van der Waals surface area contributed by atoms with Gasteiger partial charge in [-0.3, -0.25) is 4.79 Å². The lowest BCUT2D eigenvalue weighted by molar-refractivity contribution is -0.117. The molecule has 0 aliphatic carbocycles. The Morgan fingerprint density at radius 1 is 1.36 bits per heavy atom. The molecule has 0 unspecified atom stereocenters. The average Bonchev–Trinajstić information content (AvgIpc) is 3.13. The van der Waals surface area contributed by atoms with Gasteiger partial charge in [-0.25, -0.2) is 18.7 Å². The van der Waals surface area contributed by atoms with Crippen molar-refractivity contribution >= 4 is 27.2 Å². The number of nitriles is 1. The molecule has 1 aromatic heterocycles. The van der Waals surface area contributed by atoms with Gasteiger partial charge in [0.05, 0.1) is 24.3 Å². The number of aliphatic hydroxyl groups excluding tert-OH is 1. The van der Waals surface area contributed by atoms with Crippen LogP contribution in [0.4, 0.5) is 4.39 Å². The van der Waals surface area contributed by atoms with Crippen LogP contribution in [0, 0.1) is 17.1 Å². The van der Waals surface area contributed by atoms with Crippen LogP contribution in [0.5, 0.6) is 0 Å². The molecule has 180 valence electrons. The SMILES string of the molecule is CC(C)c1cc(C#N)c(F)c(C(C)C)c1CC(=O)N=[S@](N)(=O)c1sc(C(C)(C)O)nc1CO. The zero-order chi connectivity index (χ0) is 25.3. The number of rotatable bonds is 7. The van der Waals surface area contributed by atoms with Gasteiger partial charge in [-0.1, -0.05) is 27.7 Å². The second-order valence-corrected chi connectivity index (χ2v) is 11.8. The van der Waals surface area contributed by atoms with Crippen molar-refractivity contribution < 1.29 is 23.6 Å². The zero-order valence-corrected chi connectivity index (χ0v) is 21.1. The molecule has 0 saturated heterocycles. The first-order chi connectivity index (χ1) is 15.1. The van der Waals surface area contributed by atoms with Crippen molar-refractivity contribution in [3.63, 3.8) is 0 Å². The maximum absolute atomic E-state index is 15.0. The van der Waals surface area contributed by atoms with Crippen LogP contribution in [0.3, 0.4) is 0 Å². The van der Waals surface area contributed by atoms with E-state index in [0.29, 0.717) is 11.1 Å². The molecular weight excluding hydrogens is 467 g/mol. The number of carbonyl (C=O) groups is 1. The fourth-order valence-corrected chi connectivity index (χ4v) is 5.97. The van der Waals surface area contributed by atoms with Crippen LogP contribution in [0.1, 0.15) is 86.3 Å². The highest BCUT2D eigenvalue weighted by Gasteiger charge is 2.28. The van der Waals surface area contributed by atoms with Crippen LogP contribution in [0.2, 0.25) is 0 Å². The minimum absolute atomic E-state index is 0.0312. The number of thiazole rings is 1. The van der Waals surface area contributed by atoms with Crippen LogP contribution < -0.4 is 5.14 Å². The highest BCUT2D eigenvalue weighted by Crippen LogP contribution is 2.34. The van der Waals surface area contributed by atoms with Crippen molar-refractivity contribution in [1.82, 2.24) is 4.98 Å². The lowest BCUT2D eigenvalue weighted by atomic mass is 9.85. The number of aromatic nitrogens is 1. The average molecular weight is 497 g/mol. The van der Waals surface area contributed by atoms with E-state index >= 15 is 0 Å². The maximum Gasteiger partial charge on any atom is 0.259 e. The Balaban J connectivity index is 2.62. The number of carbonyl (C=O) groups excluding carboxylic acids is 1. The third-order valence-electron chi connectivity index (χ3n) is 4.93. The first kappa shape index (κ1) is 27.0. The summed E-state index contributed by atoms with van der Waals surface area (Å²) in [4.78, 5) is 16.9. The molecule has 11 heteroatoms. The number of aliphatic hydroxyl groups is 2. The molecule has 0 aliphatic heterocycles. The fourth-order valence-electron chi connectivity index (χ4n) is 3.44. The summed E-state index contributed by atoms with van der Waals surface area (Å²) >= 11 is 0.806. The number of amides is 1. The molecule has 1 aromatic carbocycles. The number of nitrogens with two attached hydrogens (primary N) is 1. The van der Waals surface area contributed by atoms with E-state index in [0.717, 1.165) is 11.3 Å². The summed E-state index contributed by atoms with van der Waals surface area (Å²) < 4.78 is 31.8. The molecule has 2 rings (SSSR count). The van der Waals surface area contributed by atoms with E-state index in [1.165, 1.54) is 19.9 Å². The lowest BCUT2D eigenvalue weighted by Crippen LogP contribution is -2.18. The Kier molecular flexibility index (Phi) is 8.14. The van der Waals surface area contributed by atoms with Gasteiger partial charge in [0.15, 0.2) is 9.92 Å². The molecule has 4 N–H and O–H groups in total. The van der Waals surface area contributed by atoms with Crippen molar-refractivity contribution in [1.29, 1.82) is 5.26 Å². The Labute approximate surface area is 197 Å². The topological polar surface area (TPSA) is 150 Å². The summed E-state index contributed by atoms with van der Waals surface area (Å²) in [7, 11) is -3.79. The fraction of sp³-hybridized carbons (Fsp3) is 0.500. The molecule has 0 fully saturated rings. The quantitative estimate of drug-likeness (QED) is 0.533. The Morgan fingerprint density at radius 3 is 2.42 bits per heavy atom. The first-order valence-electron chi connectivity index (χ1n) is 10.3. The molecule has 2 aromatic rings. The van der Waals surface area contributed by atoms with Crippen molar-refractivity contribution in [2.24, 2.45) is 9.50 Å². The van der Waals surface area contributed by atoms with Gasteiger partial charge in [-0.2, -0.15) is 5.26 Å². The van der Waals surface area contributed by atoms with Crippen molar-refractivity contribution in [3.8, 4) is 6.07 Å². The van der Waals surface area contributed by atoms with E-state index in [1.54, 1.807) is 13.8 Å². The van der Waals surface area contributed by atoms with Crippen LogP contribution in [-0.4, -0.2) is 25.3 Å². The number of hydrogen-bond donors (Lipinski definition) is 3. The summed E-state index contributed by atoms with van der Waals surface area (Å²) in [6.07, 6.45) is -0.358. The van der Waals surface area contributed by atoms with Gasteiger partial charge < -0.3 is 10.2 Å². The predicted molar refractivity (Wildman–Crippen MR) is 124 cm³/mol. The number of benzene rings is 1. The zero-order valence-electron chi connectivity index (χ0n) is 19.5. The molecule has 1 heterocycles. The molecular formula is C22H29FN4O4S2. The monoisotopic (exact) mass is 496 g/mol. The van der Waals surface area contributed by atoms with E-state index < -0.39 is 33.8 Å². The maximum atomic E-state index is 15.0. The number of halogens is 1. The van der Waals surface area contributed by atoms with Gasteiger partial charge in [-0.15, -0.1) is 15.7 Å². The smallest absolute Gasteiger partial charge is 0.259 e. The summed E-state index contributed by atoms with van der Waals surface area (Å²) in [5.41, 5.74) is -0.245. The summed E-state index contributed by atoms with van der Waals surface area (Å²) in [5.74, 6) is -1.96. The van der Waals surface area contributed by atoms with Gasteiger partial charge in [0.2, 0.25) is 0 Å². The van der Waals surface area contributed by atoms with E-state index in [-0.39, 0.29) is 44.3 Å². The normalized spacial score (nSPS) is 13.8. The molecule has 1 amide bonds. The van der Waals surface area contributed by atoms with Gasteiger partial charge in [-0.05, 0) is 48.4 Å². The molecule has 1 atom stereocenters. The molecule has 33 heavy (non-hydrogen) atoms. The second kappa shape index (κ2) is 9.95. The minimum atomic E-state index is -3.79. The first-order valence-corrected chi connectivity index (χ1v) is 12.7. The molecule has 0 radical (unpaired) electrons. The van der Waals surface area contributed by atoms with Gasteiger partial charge in [0.1, 0.15) is 26.7 Å². The van der Waals surface area contributed by atoms with Crippen LogP contribution >= 0.6 is 11.3 Å². The standard InChI is InChI=1S/C22H29FN4O4S2/c1-11(2)14-7-13(9-24)19(23)18(12(3)4)15(14)8-17(29)27-33(25,31)20-16(10-28)26-21(32-20)22(5,6)30/h7,11-12,28,30H,8,10H2,1-6H3,(H2,25,27,29,31)/t33-/m0/s1. The van der Waals surface area contributed by atoms with Crippen LogP contribution in [0.25, 0.3) is 0 Å². The Morgan fingerprint density at radius 2 is 1.97 bits per heavy atom. The highest BCUT2D eigenvalue weighted by atomic mass is 32.2. The minimum Gasteiger partial charge on any atom is -0.390 e. The van der Waals surface area contributed by atoms with E-state index in [1.807, 2.05) is 19.9 Å². The molecule has 8 nitrogen and oxygen atoms in total. The van der Waals surface area contributed by atoms with Crippen LogP contribution in [0.15, 0.2) is 14.6 Å². The van der Waals surface area contributed by atoms with Gasteiger partial charge in [0.25, 0.3) is 5.91 Å².